The maximum Gasteiger partial charge on any atom is 0.267 e. The Balaban J connectivity index is 2.16. The number of anilines is 1. The lowest BCUT2D eigenvalue weighted by molar-refractivity contribution is 0.559. The molecule has 0 radical (unpaired) electrons. The predicted molar refractivity (Wildman–Crippen MR) is 97.3 cm³/mol. The summed E-state index contributed by atoms with van der Waals surface area (Å²) in [6.45, 7) is 0.916. The molecule has 3 rings (SSSR count). The summed E-state index contributed by atoms with van der Waals surface area (Å²) in [6.07, 6.45) is 0. The first-order valence-corrected chi connectivity index (χ1v) is 9.61. The molecule has 0 saturated carbocycles. The summed E-state index contributed by atoms with van der Waals surface area (Å²) >= 11 is 0. The smallest absolute Gasteiger partial charge is 0.262 e. The van der Waals surface area contributed by atoms with Gasteiger partial charge in [-0.1, -0.05) is 24.3 Å². The molecule has 0 aliphatic carbocycles. The zero-order valence-corrected chi connectivity index (χ0v) is 15.5. The fourth-order valence-electron chi connectivity index (χ4n) is 2.63. The summed E-state index contributed by atoms with van der Waals surface area (Å²) < 4.78 is 82.4. The lowest BCUT2D eigenvalue weighted by Gasteiger charge is -2.25. The van der Waals surface area contributed by atoms with Gasteiger partial charge in [0.1, 0.15) is 28.2 Å². The molecule has 0 aromatic heterocycles. The van der Waals surface area contributed by atoms with Crippen molar-refractivity contribution >= 4 is 15.7 Å². The molecule has 0 N–H and O–H groups in total. The minimum atomic E-state index is -4.51. The molecule has 0 fully saturated rings. The molecule has 0 unspecified atom stereocenters. The Morgan fingerprint density at radius 2 is 1.54 bits per heavy atom. The first-order valence-electron chi connectivity index (χ1n) is 8.17. The molecule has 28 heavy (non-hydrogen) atoms. The van der Waals surface area contributed by atoms with Gasteiger partial charge in [0.05, 0.1) is 12.2 Å². The maximum absolute atomic E-state index is 14.2. The number of aryl methyl sites for hydroxylation is 1. The van der Waals surface area contributed by atoms with Gasteiger partial charge in [-0.15, -0.1) is 0 Å². The average Bonchev–Trinajstić information content (AvgIpc) is 2.63. The summed E-state index contributed by atoms with van der Waals surface area (Å²) in [5.74, 6) is -3.47. The molecule has 3 aromatic rings. The van der Waals surface area contributed by atoms with Crippen LogP contribution >= 0.6 is 0 Å². The zero-order valence-electron chi connectivity index (χ0n) is 14.7. The molecular weight excluding hydrogens is 394 g/mol. The Hall–Kier alpha value is -2.87. The van der Waals surface area contributed by atoms with Crippen molar-refractivity contribution < 1.29 is 26.0 Å². The summed E-state index contributed by atoms with van der Waals surface area (Å²) in [5.41, 5.74) is 0.0114. The van der Waals surface area contributed by atoms with Gasteiger partial charge in [0, 0.05) is 11.6 Å². The van der Waals surface area contributed by atoms with Gasteiger partial charge in [0.25, 0.3) is 10.0 Å². The zero-order chi connectivity index (χ0) is 20.5. The van der Waals surface area contributed by atoms with Crippen LogP contribution in [0.15, 0.2) is 65.6 Å². The van der Waals surface area contributed by atoms with Crippen molar-refractivity contribution in [3.05, 3.63) is 95.1 Å². The highest BCUT2D eigenvalue weighted by Crippen LogP contribution is 2.29. The number of hydrogen-bond donors (Lipinski definition) is 0. The van der Waals surface area contributed by atoms with E-state index in [1.165, 1.54) is 31.2 Å². The highest BCUT2D eigenvalue weighted by atomic mass is 32.2. The summed E-state index contributed by atoms with van der Waals surface area (Å²) in [5, 5.41) is 0. The summed E-state index contributed by atoms with van der Waals surface area (Å²) in [7, 11) is -4.51. The van der Waals surface area contributed by atoms with Crippen LogP contribution in [0.4, 0.5) is 23.2 Å². The highest BCUT2D eigenvalue weighted by molar-refractivity contribution is 7.92. The maximum atomic E-state index is 14.2. The van der Waals surface area contributed by atoms with Crippen LogP contribution in [0.1, 0.15) is 11.1 Å². The molecule has 3 aromatic carbocycles. The normalized spacial score (nSPS) is 11.5. The molecule has 0 aliphatic rings. The molecular formula is C20H15F4NO2S. The van der Waals surface area contributed by atoms with E-state index < -0.39 is 44.7 Å². The second-order valence-corrected chi connectivity index (χ2v) is 7.94. The van der Waals surface area contributed by atoms with E-state index in [1.807, 2.05) is 0 Å². The van der Waals surface area contributed by atoms with E-state index in [2.05, 4.69) is 0 Å². The van der Waals surface area contributed by atoms with Gasteiger partial charge in [0.2, 0.25) is 0 Å². The second-order valence-electron chi connectivity index (χ2n) is 6.11. The van der Waals surface area contributed by atoms with Crippen molar-refractivity contribution in [1.29, 1.82) is 0 Å². The topological polar surface area (TPSA) is 37.4 Å². The molecule has 146 valence electrons. The van der Waals surface area contributed by atoms with Crippen molar-refractivity contribution in [2.45, 2.75) is 18.4 Å². The van der Waals surface area contributed by atoms with Crippen LogP contribution in [0, 0.1) is 30.2 Å². The summed E-state index contributed by atoms with van der Waals surface area (Å²) in [6, 6.07) is 11.0. The van der Waals surface area contributed by atoms with Gasteiger partial charge in [0.15, 0.2) is 0 Å². The summed E-state index contributed by atoms with van der Waals surface area (Å²) in [4.78, 5) is -0.640. The first-order chi connectivity index (χ1) is 13.2. The number of sulfonamides is 1. The van der Waals surface area contributed by atoms with Crippen molar-refractivity contribution in [2.75, 3.05) is 4.31 Å². The van der Waals surface area contributed by atoms with Crippen LogP contribution in [-0.4, -0.2) is 8.42 Å². The quantitative estimate of drug-likeness (QED) is 0.560. The van der Waals surface area contributed by atoms with Crippen molar-refractivity contribution in [3.8, 4) is 0 Å². The van der Waals surface area contributed by atoms with Crippen molar-refractivity contribution in [3.63, 3.8) is 0 Å². The largest absolute Gasteiger partial charge is 0.267 e. The molecule has 0 saturated heterocycles. The minimum Gasteiger partial charge on any atom is -0.262 e. The van der Waals surface area contributed by atoms with Gasteiger partial charge in [-0.2, -0.15) is 0 Å². The lowest BCUT2D eigenvalue weighted by Crippen LogP contribution is -2.31. The molecule has 0 heterocycles. The van der Waals surface area contributed by atoms with E-state index in [-0.39, 0.29) is 16.8 Å². The minimum absolute atomic E-state index is 0.116. The van der Waals surface area contributed by atoms with Crippen molar-refractivity contribution in [2.24, 2.45) is 0 Å². The molecule has 0 amide bonds. The standard InChI is InChI=1S/C20H15F4NO2S/c1-13-6-9-16(11-18(13)23)25(12-14-7-8-15(21)10-19(14)24)28(26,27)20-5-3-2-4-17(20)22/h2-11H,12H2,1H3. The van der Waals surface area contributed by atoms with E-state index in [1.54, 1.807) is 0 Å². The third-order valence-corrected chi connectivity index (χ3v) is 5.98. The Morgan fingerprint density at radius 3 is 2.18 bits per heavy atom. The van der Waals surface area contributed by atoms with Crippen LogP contribution in [0.3, 0.4) is 0 Å². The Morgan fingerprint density at radius 1 is 0.821 bits per heavy atom. The Bertz CT molecular complexity index is 1130. The van der Waals surface area contributed by atoms with Crippen molar-refractivity contribution in [1.82, 2.24) is 0 Å². The second kappa shape index (κ2) is 7.63. The molecule has 0 bridgehead atoms. The molecule has 0 spiro atoms. The van der Waals surface area contributed by atoms with Gasteiger partial charge in [-0.05, 0) is 42.8 Å². The van der Waals surface area contributed by atoms with E-state index in [4.69, 9.17) is 0 Å². The number of hydrogen-bond acceptors (Lipinski definition) is 2. The van der Waals surface area contributed by atoms with Crippen LogP contribution in [0.5, 0.6) is 0 Å². The SMILES string of the molecule is Cc1ccc(N(Cc2ccc(F)cc2F)S(=O)(=O)c2ccccc2F)cc1F. The van der Waals surface area contributed by atoms with Gasteiger partial charge in [-0.25, -0.2) is 26.0 Å². The van der Waals surface area contributed by atoms with E-state index in [0.717, 1.165) is 30.3 Å². The molecule has 3 nitrogen and oxygen atoms in total. The van der Waals surface area contributed by atoms with Gasteiger partial charge in [-0.3, -0.25) is 4.31 Å². The number of rotatable bonds is 5. The fraction of sp³-hybridized carbons (Fsp3) is 0.100. The Kier molecular flexibility index (Phi) is 5.42. The highest BCUT2D eigenvalue weighted by Gasteiger charge is 2.29. The first kappa shape index (κ1) is 19.9. The monoisotopic (exact) mass is 409 g/mol. The van der Waals surface area contributed by atoms with Crippen LogP contribution in [0.25, 0.3) is 0 Å². The molecule has 0 aliphatic heterocycles. The van der Waals surface area contributed by atoms with E-state index in [9.17, 15) is 26.0 Å². The molecule has 8 heteroatoms. The van der Waals surface area contributed by atoms with E-state index in [0.29, 0.717) is 10.4 Å². The van der Waals surface area contributed by atoms with Gasteiger partial charge >= 0.3 is 0 Å². The van der Waals surface area contributed by atoms with Crippen LogP contribution in [0.2, 0.25) is 0 Å². The average molecular weight is 409 g/mol. The lowest BCUT2D eigenvalue weighted by atomic mass is 10.2. The number of halogens is 4. The number of benzene rings is 3. The van der Waals surface area contributed by atoms with Gasteiger partial charge < -0.3 is 0 Å². The number of nitrogens with zero attached hydrogens (tertiary/aromatic N) is 1. The van der Waals surface area contributed by atoms with Crippen LogP contribution < -0.4 is 4.31 Å². The fourth-order valence-corrected chi connectivity index (χ4v) is 4.13. The Labute approximate surface area is 159 Å². The van der Waals surface area contributed by atoms with E-state index >= 15 is 0 Å². The predicted octanol–water partition coefficient (Wildman–Crippen LogP) is 4.95. The molecule has 0 atom stereocenters. The third kappa shape index (κ3) is 3.87. The van der Waals surface area contributed by atoms with Crippen LogP contribution in [-0.2, 0) is 16.6 Å². The third-order valence-electron chi connectivity index (χ3n) is 4.18.